The fraction of sp³-hybridized carbons (Fsp3) is 0.472. The topological polar surface area (TPSA) is 147 Å². The zero-order valence-corrected chi connectivity index (χ0v) is 30.1. The van der Waals surface area contributed by atoms with E-state index in [9.17, 15) is 4.79 Å². The molecule has 4 heterocycles. The summed E-state index contributed by atoms with van der Waals surface area (Å²) in [7, 11) is 0. The van der Waals surface area contributed by atoms with Crippen LogP contribution in [0.1, 0.15) is 82.6 Å². The van der Waals surface area contributed by atoms with E-state index in [1.54, 1.807) is 12.3 Å². The number of pyridine rings is 1. The summed E-state index contributed by atoms with van der Waals surface area (Å²) in [4.78, 5) is 15.8. The van der Waals surface area contributed by atoms with Gasteiger partial charge in [0.1, 0.15) is 17.7 Å². The lowest BCUT2D eigenvalue weighted by molar-refractivity contribution is 0.171. The van der Waals surface area contributed by atoms with Crippen LogP contribution in [0.25, 0.3) is 5.65 Å². The number of fused-ring (bicyclic) bond motifs is 2. The van der Waals surface area contributed by atoms with Crippen molar-refractivity contribution < 1.29 is 13.7 Å². The summed E-state index contributed by atoms with van der Waals surface area (Å²) < 4.78 is 15.8. The quantitative estimate of drug-likeness (QED) is 0.0666. The van der Waals surface area contributed by atoms with Crippen molar-refractivity contribution in [3.05, 3.63) is 78.0 Å². The van der Waals surface area contributed by atoms with E-state index in [0.29, 0.717) is 36.8 Å². The molecule has 13 nitrogen and oxygen atoms in total. The van der Waals surface area contributed by atoms with Crippen LogP contribution in [-0.4, -0.2) is 62.1 Å². The number of anilines is 2. The Morgan fingerprint density at radius 1 is 1.06 bits per heavy atom. The number of piperidine rings is 1. The lowest BCUT2D eigenvalue weighted by Crippen LogP contribution is -2.41. The van der Waals surface area contributed by atoms with Crippen molar-refractivity contribution in [1.29, 1.82) is 5.41 Å². The molecule has 266 valence electrons. The molecule has 0 spiro atoms. The Morgan fingerprint density at radius 2 is 1.86 bits per heavy atom. The largest absolute Gasteiger partial charge is 0.484 e. The van der Waals surface area contributed by atoms with Crippen molar-refractivity contribution in [1.82, 2.24) is 35.0 Å². The number of amides is 2. The van der Waals surface area contributed by atoms with Gasteiger partial charge in [0.25, 0.3) is 0 Å². The molecule has 50 heavy (non-hydrogen) atoms. The molecular weight excluding hydrogens is 653 g/mol. The van der Waals surface area contributed by atoms with Gasteiger partial charge in [0, 0.05) is 49.3 Å². The number of urea groups is 1. The molecule has 0 radical (unpaired) electrons. The van der Waals surface area contributed by atoms with E-state index in [4.69, 9.17) is 14.3 Å². The number of hydrogen-bond acceptors (Lipinski definition) is 10. The van der Waals surface area contributed by atoms with Crippen molar-refractivity contribution >= 4 is 41.1 Å². The Bertz CT molecular complexity index is 1810. The zero-order chi connectivity index (χ0) is 35.1. The molecule has 1 saturated heterocycles. The molecule has 6 rings (SSSR count). The fourth-order valence-corrected chi connectivity index (χ4v) is 6.57. The second-order valence-corrected chi connectivity index (χ2v) is 14.4. The highest BCUT2D eigenvalue weighted by molar-refractivity contribution is 7.93. The van der Waals surface area contributed by atoms with Crippen LogP contribution in [0.3, 0.4) is 0 Å². The number of aromatic nitrogens is 5. The normalized spacial score (nSPS) is 18.1. The molecule has 2 atom stereocenters. The van der Waals surface area contributed by atoms with Gasteiger partial charge >= 0.3 is 6.03 Å². The average Bonchev–Trinajstić information content (AvgIpc) is 3.74. The number of nitrogens with one attached hydrogen (secondary N) is 4. The minimum absolute atomic E-state index is 0.173. The maximum atomic E-state index is 13.5. The van der Waals surface area contributed by atoms with Gasteiger partial charge in [-0.15, -0.1) is 10.2 Å². The smallest absolute Gasteiger partial charge is 0.320 e. The Hall–Kier alpha value is -4.56. The minimum Gasteiger partial charge on any atom is -0.484 e. The molecule has 1 aliphatic heterocycles. The maximum Gasteiger partial charge on any atom is 0.320 e. The number of benzene rings is 1. The first-order valence-corrected chi connectivity index (χ1v) is 18.5. The first-order valence-electron chi connectivity index (χ1n) is 17.4. The van der Waals surface area contributed by atoms with Crippen molar-refractivity contribution in [3.63, 3.8) is 0 Å². The highest BCUT2D eigenvalue weighted by atomic mass is 32.2. The van der Waals surface area contributed by atoms with Gasteiger partial charge in [-0.1, -0.05) is 45.0 Å². The number of ether oxygens (including phenoxy) is 1. The molecule has 1 aliphatic carbocycles. The van der Waals surface area contributed by atoms with E-state index in [1.807, 2.05) is 72.8 Å². The molecular formula is C36H48N10O3S. The molecule has 14 heteroatoms. The Balaban J connectivity index is 1.13. The van der Waals surface area contributed by atoms with Crippen LogP contribution >= 0.6 is 12.0 Å². The average molecular weight is 701 g/mol. The third-order valence-electron chi connectivity index (χ3n) is 9.01. The Kier molecular flexibility index (Phi) is 11.3. The second-order valence-electron chi connectivity index (χ2n) is 13.8. The SMILES string of the molecule is CSOCCCn1cc(N/C(=C\C(=N)C(C)(C)C)NC(=O)NC2CCC(Oc3ccc4nnc(N5CCCCC5)n4c3)c3ccccc32)cn1. The summed E-state index contributed by atoms with van der Waals surface area (Å²) in [5, 5.41) is 31.3. The van der Waals surface area contributed by atoms with Gasteiger partial charge in [-0.3, -0.25) is 14.4 Å². The molecule has 4 N–H and O–H groups in total. The third-order valence-corrected chi connectivity index (χ3v) is 9.41. The zero-order valence-electron chi connectivity index (χ0n) is 29.3. The van der Waals surface area contributed by atoms with Gasteiger partial charge < -0.3 is 29.9 Å². The van der Waals surface area contributed by atoms with Crippen LogP contribution in [0, 0.1) is 10.8 Å². The summed E-state index contributed by atoms with van der Waals surface area (Å²) in [6.45, 7) is 9.20. The summed E-state index contributed by atoms with van der Waals surface area (Å²) in [6, 6.07) is 11.4. The molecule has 2 aliphatic rings. The monoisotopic (exact) mass is 700 g/mol. The summed E-state index contributed by atoms with van der Waals surface area (Å²) in [6.07, 6.45) is 14.8. The lowest BCUT2D eigenvalue weighted by atomic mass is 9.85. The fourth-order valence-electron chi connectivity index (χ4n) is 6.28. The van der Waals surface area contributed by atoms with E-state index in [-0.39, 0.29) is 18.2 Å². The molecule has 0 saturated carbocycles. The minimum atomic E-state index is -0.405. The van der Waals surface area contributed by atoms with Gasteiger partial charge in [-0.2, -0.15) is 5.10 Å². The van der Waals surface area contributed by atoms with Gasteiger partial charge in [-0.05, 0) is 73.8 Å². The molecule has 0 bridgehead atoms. The van der Waals surface area contributed by atoms with Gasteiger partial charge in [-0.25, -0.2) is 4.79 Å². The van der Waals surface area contributed by atoms with Crippen LogP contribution in [0.15, 0.2) is 66.9 Å². The van der Waals surface area contributed by atoms with Crippen molar-refractivity contribution in [3.8, 4) is 5.75 Å². The second kappa shape index (κ2) is 16.0. The number of rotatable bonds is 13. The maximum absolute atomic E-state index is 13.5. The number of hydrogen-bond donors (Lipinski definition) is 4. The highest BCUT2D eigenvalue weighted by Gasteiger charge is 2.30. The highest BCUT2D eigenvalue weighted by Crippen LogP contribution is 2.39. The van der Waals surface area contributed by atoms with Gasteiger partial charge in [0.05, 0.1) is 30.7 Å². The summed E-state index contributed by atoms with van der Waals surface area (Å²) >= 11 is 1.35. The number of nitrogens with zero attached hydrogens (tertiary/aromatic N) is 6. The summed E-state index contributed by atoms with van der Waals surface area (Å²) in [5.41, 5.74) is 3.53. The predicted molar refractivity (Wildman–Crippen MR) is 198 cm³/mol. The van der Waals surface area contributed by atoms with E-state index in [1.165, 1.54) is 18.5 Å². The first kappa shape index (κ1) is 35.3. The van der Waals surface area contributed by atoms with Gasteiger partial charge in [0.15, 0.2) is 5.65 Å². The number of carbonyl (C=O) groups is 1. The molecule has 2 amide bonds. The van der Waals surface area contributed by atoms with Crippen molar-refractivity contribution in [2.45, 2.75) is 78.0 Å². The van der Waals surface area contributed by atoms with E-state index in [2.05, 4.69) is 48.3 Å². The molecule has 2 unspecified atom stereocenters. The van der Waals surface area contributed by atoms with Crippen LogP contribution < -0.4 is 25.6 Å². The molecule has 3 aromatic heterocycles. The predicted octanol–water partition coefficient (Wildman–Crippen LogP) is 6.87. The first-order chi connectivity index (χ1) is 24.2. The van der Waals surface area contributed by atoms with E-state index < -0.39 is 5.41 Å². The number of carbonyl (C=O) groups excluding carboxylic acids is 1. The lowest BCUT2D eigenvalue weighted by Gasteiger charge is -2.32. The Labute approximate surface area is 297 Å². The van der Waals surface area contributed by atoms with Crippen LogP contribution in [0.4, 0.5) is 16.4 Å². The number of aryl methyl sites for hydroxylation is 1. The summed E-state index contributed by atoms with van der Waals surface area (Å²) in [5.74, 6) is 2.00. The molecule has 1 aromatic carbocycles. The van der Waals surface area contributed by atoms with Crippen LogP contribution in [-0.2, 0) is 10.7 Å². The molecule has 4 aromatic rings. The van der Waals surface area contributed by atoms with E-state index >= 15 is 0 Å². The van der Waals surface area contributed by atoms with Crippen LogP contribution in [0.2, 0.25) is 0 Å². The Morgan fingerprint density at radius 3 is 2.64 bits per heavy atom. The van der Waals surface area contributed by atoms with Crippen LogP contribution in [0.5, 0.6) is 5.75 Å². The van der Waals surface area contributed by atoms with Gasteiger partial charge in [0.2, 0.25) is 5.95 Å². The standard InChI is InChI=1S/C36H48N10O3S/c1-36(2,3)31(37)21-32(39-25-22-38-45(23-25)19-10-20-48-50-4)41-34(47)40-29-14-15-30(28-12-7-6-11-27(28)29)49-26-13-16-33-42-43-35(46(33)24-26)44-17-8-5-9-18-44/h6-7,11-13,16,21-24,29-30,37,39H,5,8-10,14-15,17-20H2,1-4H3,(H2,40,41,47)/b32-21+,37-31?. The van der Waals surface area contributed by atoms with Crippen molar-refractivity contribution in [2.24, 2.45) is 5.41 Å². The van der Waals surface area contributed by atoms with E-state index in [0.717, 1.165) is 67.2 Å². The third kappa shape index (κ3) is 8.77. The molecule has 1 fully saturated rings. The van der Waals surface area contributed by atoms with Crippen molar-refractivity contribution in [2.75, 3.05) is 36.2 Å². The number of allylic oxidation sites excluding steroid dienone is 1.